The molecular weight excluding hydrogens is 286 g/mol. The number of aryl methyl sites for hydroxylation is 1. The highest BCUT2D eigenvalue weighted by atomic mass is 32.2. The Morgan fingerprint density at radius 1 is 1.24 bits per heavy atom. The zero-order valence-electron chi connectivity index (χ0n) is 12.4. The fourth-order valence-corrected chi connectivity index (χ4v) is 4.34. The highest BCUT2D eigenvalue weighted by Gasteiger charge is 2.26. The lowest BCUT2D eigenvalue weighted by molar-refractivity contribution is 0.294. The van der Waals surface area contributed by atoms with Gasteiger partial charge in [0.25, 0.3) is 0 Å². The lowest BCUT2D eigenvalue weighted by Crippen LogP contribution is -2.46. The zero-order valence-corrected chi connectivity index (χ0v) is 13.2. The Hall–Kier alpha value is -0.980. The summed E-state index contributed by atoms with van der Waals surface area (Å²) in [7, 11) is -3.29. The first-order chi connectivity index (χ1) is 10.1. The molecule has 1 atom stereocenters. The smallest absolute Gasteiger partial charge is 0.212 e. The Bertz CT molecular complexity index is 513. The van der Waals surface area contributed by atoms with Gasteiger partial charge in [0.15, 0.2) is 0 Å². The maximum absolute atomic E-state index is 12.2. The summed E-state index contributed by atoms with van der Waals surface area (Å²) >= 11 is 0. The molecule has 0 aromatic carbocycles. The Labute approximate surface area is 127 Å². The molecule has 1 aliphatic carbocycles. The summed E-state index contributed by atoms with van der Waals surface area (Å²) in [4.78, 5) is 3.93. The van der Waals surface area contributed by atoms with E-state index in [0.29, 0.717) is 18.9 Å². The molecule has 1 aromatic rings. The van der Waals surface area contributed by atoms with Crippen molar-refractivity contribution in [2.45, 2.75) is 44.6 Å². The van der Waals surface area contributed by atoms with Gasteiger partial charge in [-0.15, -0.1) is 0 Å². The van der Waals surface area contributed by atoms with Gasteiger partial charge in [-0.25, -0.2) is 13.1 Å². The number of nitrogens with two attached hydrogens (primary N) is 1. The van der Waals surface area contributed by atoms with Gasteiger partial charge in [-0.3, -0.25) is 4.98 Å². The van der Waals surface area contributed by atoms with Crippen LogP contribution in [0.15, 0.2) is 24.5 Å². The molecule has 5 nitrogen and oxygen atoms in total. The van der Waals surface area contributed by atoms with Gasteiger partial charge in [0.1, 0.15) is 0 Å². The summed E-state index contributed by atoms with van der Waals surface area (Å²) in [6, 6.07) is 3.57. The number of hydrogen-bond donors (Lipinski definition) is 2. The molecule has 1 fully saturated rings. The number of pyridine rings is 1. The minimum absolute atomic E-state index is 0.0975. The first kappa shape index (κ1) is 16.4. The maximum atomic E-state index is 12.2. The van der Waals surface area contributed by atoms with E-state index >= 15 is 0 Å². The van der Waals surface area contributed by atoms with Gasteiger partial charge in [0.05, 0.1) is 5.75 Å². The number of sulfonamides is 1. The second-order valence-electron chi connectivity index (χ2n) is 5.78. The van der Waals surface area contributed by atoms with Gasteiger partial charge in [-0.05, 0) is 42.9 Å². The summed E-state index contributed by atoms with van der Waals surface area (Å²) in [5.74, 6) is 0.486. The Morgan fingerprint density at radius 2 is 1.90 bits per heavy atom. The zero-order chi connectivity index (χ0) is 15.1. The molecule has 1 heterocycles. The van der Waals surface area contributed by atoms with Gasteiger partial charge in [-0.1, -0.05) is 19.3 Å². The van der Waals surface area contributed by atoms with Crippen molar-refractivity contribution in [3.63, 3.8) is 0 Å². The standard InChI is InChI=1S/C15H25N3O2S/c16-12-15(14-4-2-1-3-5-14)18-21(19,20)11-8-13-6-9-17-10-7-13/h6-7,9-10,14-15,18H,1-5,8,11-12,16H2. The van der Waals surface area contributed by atoms with Crippen LogP contribution in [0.2, 0.25) is 0 Å². The Morgan fingerprint density at radius 3 is 2.52 bits per heavy atom. The van der Waals surface area contributed by atoms with E-state index < -0.39 is 10.0 Å². The topological polar surface area (TPSA) is 85.1 Å². The molecule has 0 aliphatic heterocycles. The molecule has 118 valence electrons. The highest BCUT2D eigenvalue weighted by Crippen LogP contribution is 2.26. The number of rotatable bonds is 7. The molecule has 6 heteroatoms. The van der Waals surface area contributed by atoms with Crippen molar-refractivity contribution in [3.8, 4) is 0 Å². The van der Waals surface area contributed by atoms with Crippen molar-refractivity contribution in [1.29, 1.82) is 0 Å². The highest BCUT2D eigenvalue weighted by molar-refractivity contribution is 7.89. The van der Waals surface area contributed by atoms with Crippen molar-refractivity contribution in [3.05, 3.63) is 30.1 Å². The summed E-state index contributed by atoms with van der Waals surface area (Å²) in [6.07, 6.45) is 9.63. The predicted molar refractivity (Wildman–Crippen MR) is 84.3 cm³/mol. The summed E-state index contributed by atoms with van der Waals surface area (Å²) in [5, 5.41) is 0. The van der Waals surface area contributed by atoms with Crippen LogP contribution >= 0.6 is 0 Å². The quantitative estimate of drug-likeness (QED) is 0.798. The fraction of sp³-hybridized carbons (Fsp3) is 0.667. The van der Waals surface area contributed by atoms with Gasteiger partial charge in [-0.2, -0.15) is 0 Å². The summed E-state index contributed by atoms with van der Waals surface area (Å²) in [5.41, 5.74) is 6.77. The minimum atomic E-state index is -3.29. The van der Waals surface area contributed by atoms with Crippen LogP contribution in [-0.2, 0) is 16.4 Å². The number of hydrogen-bond acceptors (Lipinski definition) is 4. The maximum Gasteiger partial charge on any atom is 0.212 e. The average Bonchev–Trinajstić information content (AvgIpc) is 2.53. The molecule has 1 saturated carbocycles. The molecular formula is C15H25N3O2S. The van der Waals surface area contributed by atoms with Crippen LogP contribution in [0.1, 0.15) is 37.7 Å². The van der Waals surface area contributed by atoms with Crippen molar-refractivity contribution in [1.82, 2.24) is 9.71 Å². The second-order valence-corrected chi connectivity index (χ2v) is 7.66. The number of aromatic nitrogens is 1. The van der Waals surface area contributed by atoms with Crippen LogP contribution in [-0.4, -0.2) is 31.7 Å². The number of nitrogens with zero attached hydrogens (tertiary/aromatic N) is 1. The largest absolute Gasteiger partial charge is 0.329 e. The van der Waals surface area contributed by atoms with E-state index in [-0.39, 0.29) is 11.8 Å². The van der Waals surface area contributed by atoms with Gasteiger partial charge in [0, 0.05) is 25.0 Å². The minimum Gasteiger partial charge on any atom is -0.329 e. The number of nitrogens with one attached hydrogen (secondary N) is 1. The molecule has 0 amide bonds. The Balaban J connectivity index is 1.89. The average molecular weight is 311 g/mol. The normalized spacial score (nSPS) is 18.5. The molecule has 21 heavy (non-hydrogen) atoms. The third-order valence-electron chi connectivity index (χ3n) is 4.21. The van der Waals surface area contributed by atoms with Crippen molar-refractivity contribution < 1.29 is 8.42 Å². The SMILES string of the molecule is NCC(NS(=O)(=O)CCc1ccncc1)C1CCCCC1. The van der Waals surface area contributed by atoms with E-state index in [9.17, 15) is 8.42 Å². The van der Waals surface area contributed by atoms with Crippen molar-refractivity contribution >= 4 is 10.0 Å². The molecule has 0 radical (unpaired) electrons. The molecule has 1 aromatic heterocycles. The third-order valence-corrected chi connectivity index (χ3v) is 5.62. The van der Waals surface area contributed by atoms with Crippen LogP contribution in [0.25, 0.3) is 0 Å². The lowest BCUT2D eigenvalue weighted by atomic mass is 9.84. The molecule has 1 aliphatic rings. The lowest BCUT2D eigenvalue weighted by Gasteiger charge is -2.29. The van der Waals surface area contributed by atoms with Crippen LogP contribution in [0.5, 0.6) is 0 Å². The Kier molecular flexibility index (Phi) is 6.14. The van der Waals surface area contributed by atoms with E-state index in [0.717, 1.165) is 18.4 Å². The van der Waals surface area contributed by atoms with E-state index in [1.54, 1.807) is 12.4 Å². The van der Waals surface area contributed by atoms with Crippen LogP contribution in [0.4, 0.5) is 0 Å². The van der Waals surface area contributed by atoms with Crippen molar-refractivity contribution in [2.24, 2.45) is 11.7 Å². The van der Waals surface area contributed by atoms with Crippen molar-refractivity contribution in [2.75, 3.05) is 12.3 Å². The summed E-state index contributed by atoms with van der Waals surface area (Å²) < 4.78 is 27.3. The van der Waals surface area contributed by atoms with Gasteiger partial charge >= 0.3 is 0 Å². The molecule has 2 rings (SSSR count). The molecule has 0 bridgehead atoms. The van der Waals surface area contributed by atoms with Crippen LogP contribution in [0, 0.1) is 5.92 Å². The van der Waals surface area contributed by atoms with E-state index in [1.165, 1.54) is 19.3 Å². The van der Waals surface area contributed by atoms with E-state index in [4.69, 9.17) is 5.73 Å². The van der Waals surface area contributed by atoms with Crippen LogP contribution < -0.4 is 10.5 Å². The molecule has 3 N–H and O–H groups in total. The molecule has 1 unspecified atom stereocenters. The predicted octanol–water partition coefficient (Wildman–Crippen LogP) is 1.45. The second kappa shape index (κ2) is 7.87. The van der Waals surface area contributed by atoms with Gasteiger partial charge in [0.2, 0.25) is 10.0 Å². The molecule has 0 spiro atoms. The fourth-order valence-electron chi connectivity index (χ4n) is 2.96. The van der Waals surface area contributed by atoms with E-state index in [1.807, 2.05) is 12.1 Å². The first-order valence-electron chi connectivity index (χ1n) is 7.70. The summed E-state index contributed by atoms with van der Waals surface area (Å²) in [6.45, 7) is 0.374. The van der Waals surface area contributed by atoms with Crippen LogP contribution in [0.3, 0.4) is 0 Å². The first-order valence-corrected chi connectivity index (χ1v) is 9.35. The van der Waals surface area contributed by atoms with E-state index in [2.05, 4.69) is 9.71 Å². The molecule has 0 saturated heterocycles. The van der Waals surface area contributed by atoms with Gasteiger partial charge < -0.3 is 5.73 Å². The monoisotopic (exact) mass is 311 g/mol. The third kappa shape index (κ3) is 5.37.